The summed E-state index contributed by atoms with van der Waals surface area (Å²) in [5.74, 6) is 0.0932. The first-order valence-corrected chi connectivity index (χ1v) is 7.11. The Morgan fingerprint density at radius 3 is 2.43 bits per heavy atom. The summed E-state index contributed by atoms with van der Waals surface area (Å²) in [5.41, 5.74) is -1.10. The van der Waals surface area contributed by atoms with Gasteiger partial charge in [-0.3, -0.25) is 4.79 Å². The summed E-state index contributed by atoms with van der Waals surface area (Å²) in [7, 11) is 0. The van der Waals surface area contributed by atoms with Gasteiger partial charge in [-0.25, -0.2) is 4.39 Å². The van der Waals surface area contributed by atoms with Crippen LogP contribution >= 0.6 is 0 Å². The molecule has 2 N–H and O–H groups in total. The van der Waals surface area contributed by atoms with E-state index in [4.69, 9.17) is 4.74 Å². The Kier molecular flexibility index (Phi) is 6.15. The third-order valence-corrected chi connectivity index (χ3v) is 2.98. The third-order valence-electron chi connectivity index (χ3n) is 2.98. The van der Waals surface area contributed by atoms with E-state index in [2.05, 4.69) is 5.32 Å². The van der Waals surface area contributed by atoms with Crippen LogP contribution in [0.3, 0.4) is 0 Å². The number of aliphatic hydroxyl groups is 1. The summed E-state index contributed by atoms with van der Waals surface area (Å²) in [6.07, 6.45) is 0.0510. The molecule has 0 radical (unpaired) electrons. The van der Waals surface area contributed by atoms with Crippen LogP contribution in [0.15, 0.2) is 24.3 Å². The van der Waals surface area contributed by atoms with E-state index in [1.807, 2.05) is 13.8 Å². The summed E-state index contributed by atoms with van der Waals surface area (Å²) in [6, 6.07) is 5.49. The van der Waals surface area contributed by atoms with Crippen LogP contribution in [0.1, 0.15) is 34.1 Å². The van der Waals surface area contributed by atoms with Gasteiger partial charge in [-0.15, -0.1) is 0 Å². The number of hydrogen-bond acceptors (Lipinski definition) is 3. The van der Waals surface area contributed by atoms with Crippen LogP contribution in [0.25, 0.3) is 0 Å². The SMILES string of the molecule is CC(C)CC(O)CNC(=O)C(C)(C)Oc1ccc(F)cc1. The number of carbonyl (C=O) groups excluding carboxylic acids is 1. The van der Waals surface area contributed by atoms with Gasteiger partial charge in [-0.1, -0.05) is 13.8 Å². The Bertz CT molecular complexity index is 457. The van der Waals surface area contributed by atoms with E-state index in [0.717, 1.165) is 0 Å². The lowest BCUT2D eigenvalue weighted by molar-refractivity contribution is -0.134. The predicted octanol–water partition coefficient (Wildman–Crippen LogP) is 2.51. The fraction of sp³-hybridized carbons (Fsp3) is 0.562. The van der Waals surface area contributed by atoms with Gasteiger partial charge in [0.25, 0.3) is 5.91 Å². The van der Waals surface area contributed by atoms with Crippen LogP contribution in [0.2, 0.25) is 0 Å². The number of halogens is 1. The van der Waals surface area contributed by atoms with Gasteiger partial charge in [0, 0.05) is 6.54 Å². The maximum atomic E-state index is 12.8. The molecule has 21 heavy (non-hydrogen) atoms. The van der Waals surface area contributed by atoms with E-state index in [0.29, 0.717) is 18.1 Å². The molecule has 1 atom stereocenters. The Morgan fingerprint density at radius 2 is 1.90 bits per heavy atom. The van der Waals surface area contributed by atoms with E-state index >= 15 is 0 Å². The number of benzene rings is 1. The molecule has 4 nitrogen and oxygen atoms in total. The molecule has 0 bridgehead atoms. The molecule has 0 fully saturated rings. The molecule has 0 saturated carbocycles. The van der Waals surface area contributed by atoms with Crippen LogP contribution in [-0.4, -0.2) is 29.3 Å². The monoisotopic (exact) mass is 297 g/mol. The highest BCUT2D eigenvalue weighted by molar-refractivity contribution is 5.84. The van der Waals surface area contributed by atoms with Crippen molar-refractivity contribution in [2.45, 2.75) is 45.8 Å². The number of aliphatic hydroxyl groups excluding tert-OH is 1. The van der Waals surface area contributed by atoms with Gasteiger partial charge in [0.05, 0.1) is 6.10 Å². The Balaban J connectivity index is 2.52. The first-order chi connectivity index (χ1) is 9.70. The highest BCUT2D eigenvalue weighted by Crippen LogP contribution is 2.19. The first kappa shape index (κ1) is 17.4. The number of ether oxygens (including phenoxy) is 1. The van der Waals surface area contributed by atoms with Gasteiger partial charge >= 0.3 is 0 Å². The largest absolute Gasteiger partial charge is 0.478 e. The van der Waals surface area contributed by atoms with Crippen molar-refractivity contribution in [2.24, 2.45) is 5.92 Å². The molecule has 0 saturated heterocycles. The first-order valence-electron chi connectivity index (χ1n) is 7.11. The van der Waals surface area contributed by atoms with E-state index in [1.165, 1.54) is 24.3 Å². The molecule has 1 amide bonds. The Hall–Kier alpha value is -1.62. The minimum absolute atomic E-state index is 0.188. The minimum Gasteiger partial charge on any atom is -0.478 e. The van der Waals surface area contributed by atoms with Crippen LogP contribution in [-0.2, 0) is 4.79 Å². The van der Waals surface area contributed by atoms with Crippen LogP contribution in [0.4, 0.5) is 4.39 Å². The van der Waals surface area contributed by atoms with Gasteiger partial charge < -0.3 is 15.2 Å². The van der Waals surface area contributed by atoms with Gasteiger partial charge in [0.15, 0.2) is 5.60 Å². The average Bonchev–Trinajstić information content (AvgIpc) is 2.37. The second kappa shape index (κ2) is 7.41. The van der Waals surface area contributed by atoms with E-state index in [1.54, 1.807) is 13.8 Å². The summed E-state index contributed by atoms with van der Waals surface area (Å²) in [5, 5.41) is 12.4. The Morgan fingerprint density at radius 1 is 1.33 bits per heavy atom. The molecule has 0 heterocycles. The normalized spacial score (nSPS) is 13.1. The molecule has 5 heteroatoms. The lowest BCUT2D eigenvalue weighted by Gasteiger charge is -2.26. The number of amides is 1. The van der Waals surface area contributed by atoms with Gasteiger partial charge in [-0.05, 0) is 50.5 Å². The van der Waals surface area contributed by atoms with Crippen molar-refractivity contribution in [3.05, 3.63) is 30.1 Å². The zero-order valence-electron chi connectivity index (χ0n) is 13.0. The zero-order valence-corrected chi connectivity index (χ0v) is 13.0. The van der Waals surface area contributed by atoms with Gasteiger partial charge in [0.2, 0.25) is 0 Å². The van der Waals surface area contributed by atoms with E-state index in [9.17, 15) is 14.3 Å². The zero-order chi connectivity index (χ0) is 16.0. The quantitative estimate of drug-likeness (QED) is 0.813. The number of hydrogen-bond donors (Lipinski definition) is 2. The second-order valence-corrected chi connectivity index (χ2v) is 6.06. The maximum Gasteiger partial charge on any atom is 0.263 e. The fourth-order valence-electron chi connectivity index (χ4n) is 1.89. The van der Waals surface area contributed by atoms with Crippen molar-refractivity contribution < 1.29 is 19.0 Å². The highest BCUT2D eigenvalue weighted by atomic mass is 19.1. The lowest BCUT2D eigenvalue weighted by atomic mass is 10.1. The predicted molar refractivity (Wildman–Crippen MR) is 79.6 cm³/mol. The molecule has 1 aromatic rings. The summed E-state index contributed by atoms with van der Waals surface area (Å²) >= 11 is 0. The summed E-state index contributed by atoms with van der Waals surface area (Å²) in [4.78, 5) is 12.1. The number of carbonyl (C=O) groups is 1. The smallest absolute Gasteiger partial charge is 0.263 e. The molecule has 118 valence electrons. The number of rotatable bonds is 7. The molecule has 0 aliphatic heterocycles. The van der Waals surface area contributed by atoms with E-state index < -0.39 is 11.7 Å². The minimum atomic E-state index is -1.10. The van der Waals surface area contributed by atoms with Gasteiger partial charge in [0.1, 0.15) is 11.6 Å². The lowest BCUT2D eigenvalue weighted by Crippen LogP contribution is -2.48. The molecule has 1 rings (SSSR count). The van der Waals surface area contributed by atoms with Crippen molar-refractivity contribution in [3.63, 3.8) is 0 Å². The van der Waals surface area contributed by atoms with Crippen molar-refractivity contribution in [3.8, 4) is 5.75 Å². The highest BCUT2D eigenvalue weighted by Gasteiger charge is 2.30. The van der Waals surface area contributed by atoms with E-state index in [-0.39, 0.29) is 18.3 Å². The van der Waals surface area contributed by atoms with Crippen LogP contribution < -0.4 is 10.1 Å². The molecular formula is C16H24FNO3. The fourth-order valence-corrected chi connectivity index (χ4v) is 1.89. The average molecular weight is 297 g/mol. The molecular weight excluding hydrogens is 273 g/mol. The second-order valence-electron chi connectivity index (χ2n) is 6.06. The number of nitrogens with one attached hydrogen (secondary N) is 1. The van der Waals surface area contributed by atoms with Gasteiger partial charge in [-0.2, -0.15) is 0 Å². The van der Waals surface area contributed by atoms with Crippen LogP contribution in [0.5, 0.6) is 5.75 Å². The summed E-state index contributed by atoms with van der Waals surface area (Å²) in [6.45, 7) is 7.45. The molecule has 0 aliphatic carbocycles. The molecule has 0 aromatic heterocycles. The van der Waals surface area contributed by atoms with Crippen molar-refractivity contribution in [1.29, 1.82) is 0 Å². The molecule has 1 aromatic carbocycles. The Labute approximate surface area is 125 Å². The molecule has 0 spiro atoms. The van der Waals surface area contributed by atoms with Crippen molar-refractivity contribution >= 4 is 5.91 Å². The summed E-state index contributed by atoms with van der Waals surface area (Å²) < 4.78 is 18.4. The van der Waals surface area contributed by atoms with Crippen LogP contribution in [0, 0.1) is 11.7 Å². The molecule has 0 aliphatic rings. The topological polar surface area (TPSA) is 58.6 Å². The maximum absolute atomic E-state index is 12.8. The standard InChI is InChI=1S/C16H24FNO3/c1-11(2)9-13(19)10-18-15(20)16(3,4)21-14-7-5-12(17)6-8-14/h5-8,11,13,19H,9-10H2,1-4H3,(H,18,20). The third kappa shape index (κ3) is 6.12. The molecule has 1 unspecified atom stereocenters. The van der Waals surface area contributed by atoms with Crippen molar-refractivity contribution in [2.75, 3.05) is 6.54 Å². The van der Waals surface area contributed by atoms with Crippen molar-refractivity contribution in [1.82, 2.24) is 5.32 Å².